The summed E-state index contributed by atoms with van der Waals surface area (Å²) in [4.78, 5) is 6.71. The molecule has 1 saturated heterocycles. The van der Waals surface area contributed by atoms with Crippen molar-refractivity contribution in [2.45, 2.75) is 20.3 Å². The number of oxazole rings is 1. The highest BCUT2D eigenvalue weighted by Gasteiger charge is 2.31. The smallest absolute Gasteiger partial charge is 0.298 e. The molecule has 0 atom stereocenters. The Morgan fingerprint density at radius 3 is 2.94 bits per heavy atom. The molecule has 2 N–H and O–H groups in total. The number of nitrogens with zero attached hydrogens (tertiary/aromatic N) is 2. The first-order valence-corrected chi connectivity index (χ1v) is 5.95. The molecule has 1 aliphatic heterocycles. The molecule has 0 unspecified atom stereocenters. The van der Waals surface area contributed by atoms with Crippen molar-refractivity contribution >= 4 is 22.8 Å². The third-order valence-electron chi connectivity index (χ3n) is 3.35. The second kappa shape index (κ2) is 3.39. The van der Waals surface area contributed by atoms with Crippen molar-refractivity contribution in [3.63, 3.8) is 0 Å². The second-order valence-electron chi connectivity index (χ2n) is 5.56. The summed E-state index contributed by atoms with van der Waals surface area (Å²) in [5.74, 6) is 0. The molecule has 1 aromatic carbocycles. The van der Waals surface area contributed by atoms with Gasteiger partial charge >= 0.3 is 0 Å². The first-order valence-electron chi connectivity index (χ1n) is 5.95. The minimum Gasteiger partial charge on any atom is -0.423 e. The molecule has 0 radical (unpaired) electrons. The highest BCUT2D eigenvalue weighted by Crippen LogP contribution is 2.33. The van der Waals surface area contributed by atoms with Gasteiger partial charge in [0.05, 0.1) is 0 Å². The summed E-state index contributed by atoms with van der Waals surface area (Å²) in [5.41, 5.74) is 8.43. The zero-order valence-corrected chi connectivity index (χ0v) is 10.2. The molecule has 3 rings (SSSR count). The quantitative estimate of drug-likeness (QED) is 0.766. The van der Waals surface area contributed by atoms with Gasteiger partial charge in [-0.1, -0.05) is 13.8 Å². The summed E-state index contributed by atoms with van der Waals surface area (Å²) in [7, 11) is 0. The van der Waals surface area contributed by atoms with E-state index < -0.39 is 0 Å². The van der Waals surface area contributed by atoms with Crippen LogP contribution in [-0.4, -0.2) is 18.1 Å². The van der Waals surface area contributed by atoms with Crippen LogP contribution in [0.4, 0.5) is 11.7 Å². The van der Waals surface area contributed by atoms with Crippen LogP contribution in [0.2, 0.25) is 0 Å². The first-order chi connectivity index (χ1) is 8.03. The second-order valence-corrected chi connectivity index (χ2v) is 5.56. The average molecular weight is 231 g/mol. The molecule has 1 aromatic heterocycles. The van der Waals surface area contributed by atoms with Crippen LogP contribution in [0.15, 0.2) is 22.6 Å². The predicted octanol–water partition coefficient (Wildman–Crippen LogP) is 2.65. The van der Waals surface area contributed by atoms with Gasteiger partial charge in [-0.25, -0.2) is 0 Å². The van der Waals surface area contributed by atoms with Crippen LogP contribution in [0, 0.1) is 5.41 Å². The molecule has 90 valence electrons. The van der Waals surface area contributed by atoms with Gasteiger partial charge in [0.2, 0.25) is 0 Å². The number of rotatable bonds is 1. The van der Waals surface area contributed by atoms with Crippen molar-refractivity contribution < 1.29 is 4.42 Å². The van der Waals surface area contributed by atoms with E-state index in [1.807, 2.05) is 18.2 Å². The summed E-state index contributed by atoms with van der Waals surface area (Å²) in [5, 5.41) is 0. The summed E-state index contributed by atoms with van der Waals surface area (Å²) in [6, 6.07) is 6.30. The number of hydrogen-bond acceptors (Lipinski definition) is 4. The van der Waals surface area contributed by atoms with Crippen LogP contribution in [0.3, 0.4) is 0 Å². The number of nitrogen functional groups attached to an aromatic ring is 1. The lowest BCUT2D eigenvalue weighted by Crippen LogP contribution is -2.22. The maximum Gasteiger partial charge on any atom is 0.298 e. The molecule has 4 heteroatoms. The van der Waals surface area contributed by atoms with Crippen molar-refractivity contribution in [1.29, 1.82) is 0 Å². The van der Waals surface area contributed by atoms with E-state index >= 15 is 0 Å². The fraction of sp³-hybridized carbons (Fsp3) is 0.462. The Morgan fingerprint density at radius 1 is 1.41 bits per heavy atom. The van der Waals surface area contributed by atoms with Gasteiger partial charge < -0.3 is 15.1 Å². The zero-order valence-electron chi connectivity index (χ0n) is 10.2. The van der Waals surface area contributed by atoms with Crippen molar-refractivity contribution in [2.75, 3.05) is 23.7 Å². The lowest BCUT2D eigenvalue weighted by Gasteiger charge is -2.17. The van der Waals surface area contributed by atoms with E-state index in [1.165, 1.54) is 6.42 Å². The Hall–Kier alpha value is -1.71. The van der Waals surface area contributed by atoms with Crippen LogP contribution in [-0.2, 0) is 0 Å². The van der Waals surface area contributed by atoms with E-state index in [-0.39, 0.29) is 0 Å². The number of nitrogens with two attached hydrogens (primary N) is 1. The van der Waals surface area contributed by atoms with E-state index in [4.69, 9.17) is 10.2 Å². The largest absolute Gasteiger partial charge is 0.423 e. The van der Waals surface area contributed by atoms with Crippen molar-refractivity contribution in [3.8, 4) is 0 Å². The fourth-order valence-electron chi connectivity index (χ4n) is 2.34. The minimum absolute atomic E-state index is 0.347. The van der Waals surface area contributed by atoms with Gasteiger partial charge in [-0.15, -0.1) is 0 Å². The molecule has 0 spiro atoms. The number of hydrogen-bond donors (Lipinski definition) is 1. The van der Waals surface area contributed by atoms with Crippen molar-refractivity contribution in [1.82, 2.24) is 4.98 Å². The van der Waals surface area contributed by atoms with Crippen LogP contribution < -0.4 is 10.6 Å². The van der Waals surface area contributed by atoms with Crippen molar-refractivity contribution in [3.05, 3.63) is 18.2 Å². The fourth-order valence-corrected chi connectivity index (χ4v) is 2.34. The maximum absolute atomic E-state index is 5.76. The van der Waals surface area contributed by atoms with Crippen LogP contribution >= 0.6 is 0 Å². The predicted molar refractivity (Wildman–Crippen MR) is 69.0 cm³/mol. The van der Waals surface area contributed by atoms with Gasteiger partial charge in [0, 0.05) is 24.8 Å². The lowest BCUT2D eigenvalue weighted by atomic mass is 9.93. The molecule has 0 bridgehead atoms. The van der Waals surface area contributed by atoms with E-state index in [1.54, 1.807) is 0 Å². The zero-order chi connectivity index (χ0) is 12.0. The standard InChI is InChI=1S/C13H17N3O/c1-13(2)5-6-16(8-13)12-15-10-4-3-9(14)7-11(10)17-12/h3-4,7H,5-6,8,14H2,1-2H3. The Kier molecular flexibility index (Phi) is 2.08. The van der Waals surface area contributed by atoms with Gasteiger partial charge in [-0.3, -0.25) is 0 Å². The van der Waals surface area contributed by atoms with E-state index in [0.29, 0.717) is 11.1 Å². The molecular weight excluding hydrogens is 214 g/mol. The molecule has 1 aliphatic rings. The minimum atomic E-state index is 0.347. The number of aromatic nitrogens is 1. The molecule has 0 amide bonds. The Bertz CT molecular complexity index is 559. The topological polar surface area (TPSA) is 55.3 Å². The number of fused-ring (bicyclic) bond motifs is 1. The molecule has 0 saturated carbocycles. The summed E-state index contributed by atoms with van der Waals surface area (Å²) < 4.78 is 5.76. The summed E-state index contributed by atoms with van der Waals surface area (Å²) in [6.07, 6.45) is 1.17. The average Bonchev–Trinajstić information content (AvgIpc) is 2.80. The van der Waals surface area contributed by atoms with Crippen molar-refractivity contribution in [2.24, 2.45) is 5.41 Å². The van der Waals surface area contributed by atoms with Crippen LogP contribution in [0.25, 0.3) is 11.1 Å². The summed E-state index contributed by atoms with van der Waals surface area (Å²) >= 11 is 0. The number of benzene rings is 1. The van der Waals surface area contributed by atoms with Crippen LogP contribution in [0.1, 0.15) is 20.3 Å². The number of anilines is 2. The molecule has 1 fully saturated rings. The van der Waals surface area contributed by atoms with Gasteiger partial charge in [0.25, 0.3) is 6.01 Å². The Balaban J connectivity index is 1.96. The third-order valence-corrected chi connectivity index (χ3v) is 3.35. The van der Waals surface area contributed by atoms with Crippen LogP contribution in [0.5, 0.6) is 0 Å². The first kappa shape index (κ1) is 10.4. The Morgan fingerprint density at radius 2 is 2.24 bits per heavy atom. The van der Waals surface area contributed by atoms with Gasteiger partial charge in [0.15, 0.2) is 5.58 Å². The highest BCUT2D eigenvalue weighted by molar-refractivity contribution is 5.78. The van der Waals surface area contributed by atoms with Gasteiger partial charge in [-0.05, 0) is 24.0 Å². The Labute approximate surface area is 100 Å². The molecule has 2 heterocycles. The van der Waals surface area contributed by atoms with E-state index in [9.17, 15) is 0 Å². The van der Waals surface area contributed by atoms with E-state index in [2.05, 4.69) is 23.7 Å². The summed E-state index contributed by atoms with van der Waals surface area (Å²) in [6.45, 7) is 6.55. The lowest BCUT2D eigenvalue weighted by molar-refractivity contribution is 0.415. The normalized spacial score (nSPS) is 19.1. The molecule has 0 aliphatic carbocycles. The monoisotopic (exact) mass is 231 g/mol. The molecule has 2 aromatic rings. The molecule has 17 heavy (non-hydrogen) atoms. The molecular formula is C13H17N3O. The highest BCUT2D eigenvalue weighted by atomic mass is 16.4. The van der Waals surface area contributed by atoms with E-state index in [0.717, 1.165) is 30.2 Å². The van der Waals surface area contributed by atoms with Gasteiger partial charge in [-0.2, -0.15) is 4.98 Å². The SMILES string of the molecule is CC1(C)CCN(c2nc3ccc(N)cc3o2)C1. The third kappa shape index (κ3) is 1.84. The maximum atomic E-state index is 5.76. The van der Waals surface area contributed by atoms with Gasteiger partial charge in [0.1, 0.15) is 5.52 Å². The molecule has 4 nitrogen and oxygen atoms in total.